The summed E-state index contributed by atoms with van der Waals surface area (Å²) in [6, 6.07) is 5.26. The van der Waals surface area contributed by atoms with Gasteiger partial charge in [-0.05, 0) is 30.7 Å². The van der Waals surface area contributed by atoms with Gasteiger partial charge in [0.25, 0.3) is 0 Å². The molecule has 238 valence electrons. The van der Waals surface area contributed by atoms with E-state index in [4.69, 9.17) is 9.73 Å². The van der Waals surface area contributed by atoms with E-state index in [0.29, 0.717) is 24.0 Å². The van der Waals surface area contributed by atoms with Gasteiger partial charge in [0.1, 0.15) is 32.3 Å². The van der Waals surface area contributed by atoms with Crippen molar-refractivity contribution in [3.63, 3.8) is 0 Å². The molecule has 1 saturated carbocycles. The molecule has 2 aromatic rings. The number of hydrogen-bond donors (Lipinski definition) is 1. The third-order valence-corrected chi connectivity index (χ3v) is 13.5. The maximum atomic E-state index is 15.6. The maximum Gasteiger partial charge on any atom is 0.415 e. The van der Waals surface area contributed by atoms with Crippen molar-refractivity contribution in [3.05, 3.63) is 40.2 Å². The molecule has 1 N–H and O–H groups in total. The highest BCUT2D eigenvalue weighted by Crippen LogP contribution is 2.67. The fourth-order valence-corrected chi connectivity index (χ4v) is 9.10. The first-order valence-electron chi connectivity index (χ1n) is 14.6. The number of carboxylic acid groups (broad SMARTS) is 1. The van der Waals surface area contributed by atoms with E-state index < -0.39 is 62.6 Å². The second-order valence-electron chi connectivity index (χ2n) is 15.1. The Labute approximate surface area is 268 Å². The number of rotatable bonds is 10. The minimum Gasteiger partial charge on any atom is -0.465 e. The summed E-state index contributed by atoms with van der Waals surface area (Å²) < 4.78 is 39.1. The highest BCUT2D eigenvalue weighted by molar-refractivity contribution is 9.10. The first-order chi connectivity index (χ1) is 19.7. The SMILES string of the molecule is CC(C)(C)C(OCC[Si](C)(C)C)N(C(=O)O)C1=N[C@](CF)(c2cc(Br)ccc2F)[C@@H]2C[C@]2(Cn2cc([Si](C)(C)C)nn2)S1. The number of amidine groups is 1. The van der Waals surface area contributed by atoms with E-state index >= 15 is 8.78 Å². The van der Waals surface area contributed by atoms with Gasteiger partial charge in [-0.2, -0.15) is 0 Å². The molecule has 4 rings (SSSR count). The van der Waals surface area contributed by atoms with Crippen LogP contribution in [0.3, 0.4) is 0 Å². The Morgan fingerprint density at radius 1 is 1.28 bits per heavy atom. The van der Waals surface area contributed by atoms with Gasteiger partial charge < -0.3 is 9.84 Å². The Balaban J connectivity index is 1.84. The lowest BCUT2D eigenvalue weighted by molar-refractivity contribution is -0.0761. The smallest absolute Gasteiger partial charge is 0.415 e. The number of halogens is 3. The minimum atomic E-state index is -1.74. The van der Waals surface area contributed by atoms with Crippen LogP contribution < -0.4 is 5.32 Å². The fraction of sp³-hybridized carbons (Fsp3) is 0.655. The third kappa shape index (κ3) is 7.28. The third-order valence-electron chi connectivity index (χ3n) is 8.04. The summed E-state index contributed by atoms with van der Waals surface area (Å²) in [5, 5.41) is 20.5. The molecule has 8 nitrogen and oxygen atoms in total. The summed E-state index contributed by atoms with van der Waals surface area (Å²) in [6.45, 7) is 18.7. The van der Waals surface area contributed by atoms with Crippen LogP contribution in [0.5, 0.6) is 0 Å². The topological polar surface area (TPSA) is 92.8 Å². The van der Waals surface area contributed by atoms with Crippen molar-refractivity contribution < 1.29 is 23.4 Å². The van der Waals surface area contributed by atoms with E-state index in [9.17, 15) is 9.90 Å². The molecule has 2 heterocycles. The van der Waals surface area contributed by atoms with Crippen molar-refractivity contribution in [1.29, 1.82) is 0 Å². The molecule has 1 aromatic heterocycles. The summed E-state index contributed by atoms with van der Waals surface area (Å²) in [5.74, 6) is -0.974. The maximum absolute atomic E-state index is 15.6. The number of alkyl halides is 1. The lowest BCUT2D eigenvalue weighted by atomic mass is 9.85. The number of benzene rings is 1. The number of ether oxygens (including phenoxy) is 1. The van der Waals surface area contributed by atoms with Gasteiger partial charge in [0.15, 0.2) is 5.17 Å². The van der Waals surface area contributed by atoms with Gasteiger partial charge in [-0.1, -0.05) is 93.0 Å². The van der Waals surface area contributed by atoms with Crippen LogP contribution >= 0.6 is 27.7 Å². The predicted octanol–water partition coefficient (Wildman–Crippen LogP) is 7.16. The molecule has 43 heavy (non-hydrogen) atoms. The van der Waals surface area contributed by atoms with E-state index in [0.717, 1.165) is 16.3 Å². The number of nitrogens with zero attached hydrogens (tertiary/aromatic N) is 5. The first kappa shape index (κ1) is 34.3. The molecule has 4 atom stereocenters. The van der Waals surface area contributed by atoms with Crippen molar-refractivity contribution in [2.45, 2.75) is 95.6 Å². The molecular formula is C29H44BrF2N5O3SSi2. The zero-order valence-electron chi connectivity index (χ0n) is 26.5. The van der Waals surface area contributed by atoms with Gasteiger partial charge in [-0.25, -0.2) is 23.5 Å². The summed E-state index contributed by atoms with van der Waals surface area (Å²) in [6.07, 6.45) is 0.297. The number of fused-ring (bicyclic) bond motifs is 1. The van der Waals surface area contributed by atoms with Crippen LogP contribution in [0.1, 0.15) is 32.8 Å². The second-order valence-corrected chi connectivity index (χ2v) is 28.0. The number of amides is 1. The Kier molecular flexibility index (Phi) is 9.53. The number of carbonyl (C=O) groups is 1. The van der Waals surface area contributed by atoms with Gasteiger partial charge in [0.2, 0.25) is 0 Å². The normalized spacial score (nSPS) is 24.7. The largest absolute Gasteiger partial charge is 0.465 e. The summed E-state index contributed by atoms with van der Waals surface area (Å²) in [5.41, 5.74) is -2.15. The highest BCUT2D eigenvalue weighted by atomic mass is 79.9. The molecule has 1 aliphatic heterocycles. The van der Waals surface area contributed by atoms with Gasteiger partial charge in [-0.15, -0.1) is 5.10 Å². The molecule has 1 fully saturated rings. The van der Waals surface area contributed by atoms with Crippen molar-refractivity contribution >= 4 is 60.4 Å². The zero-order chi connectivity index (χ0) is 32.2. The van der Waals surface area contributed by atoms with E-state index in [-0.39, 0.29) is 10.7 Å². The van der Waals surface area contributed by atoms with E-state index in [1.165, 1.54) is 17.8 Å². The molecule has 0 saturated heterocycles. The van der Waals surface area contributed by atoms with Crippen LogP contribution in [-0.4, -0.2) is 76.7 Å². The molecule has 2 aliphatic rings. The van der Waals surface area contributed by atoms with Crippen LogP contribution in [0.2, 0.25) is 45.3 Å². The van der Waals surface area contributed by atoms with E-state index in [1.807, 2.05) is 27.0 Å². The van der Waals surface area contributed by atoms with Gasteiger partial charge in [0, 0.05) is 47.0 Å². The summed E-state index contributed by atoms with van der Waals surface area (Å²) in [7, 11) is -3.21. The van der Waals surface area contributed by atoms with Crippen molar-refractivity contribution in [2.24, 2.45) is 16.3 Å². The van der Waals surface area contributed by atoms with Crippen molar-refractivity contribution in [1.82, 2.24) is 19.9 Å². The number of thioether (sulfide) groups is 1. The highest BCUT2D eigenvalue weighted by Gasteiger charge is 2.69. The van der Waals surface area contributed by atoms with E-state index in [2.05, 4.69) is 65.5 Å². The average molecular weight is 717 g/mol. The fourth-order valence-electron chi connectivity index (χ4n) is 5.50. The predicted molar refractivity (Wildman–Crippen MR) is 178 cm³/mol. The minimum absolute atomic E-state index is 0.104. The number of aromatic nitrogens is 3. The monoisotopic (exact) mass is 715 g/mol. The second kappa shape index (κ2) is 12.0. The zero-order valence-corrected chi connectivity index (χ0v) is 30.9. The lowest BCUT2D eigenvalue weighted by Gasteiger charge is -2.43. The molecule has 1 aromatic carbocycles. The summed E-state index contributed by atoms with van der Waals surface area (Å²) in [4.78, 5) is 19.1. The molecule has 0 radical (unpaired) electrons. The molecular weight excluding hydrogens is 672 g/mol. The quantitative estimate of drug-likeness (QED) is 0.207. The standard InChI is InChI=1S/C29H44BrF2N5O3SSi2/c1-27(2,3)24(40-12-13-42(4,5)6)37(26(38)39)25-33-29(17-31,20-14-19(30)10-11-21(20)32)22-15-28(22,41-25)18-36-16-23(34-35-36)43(7,8)9/h10-11,14,16,22,24H,12-13,15,17-18H2,1-9H3,(H,38,39)/t22-,24?,28-,29-/m1/s1. The molecule has 1 aliphatic carbocycles. The van der Waals surface area contributed by atoms with Crippen LogP contribution in [-0.2, 0) is 16.8 Å². The van der Waals surface area contributed by atoms with Crippen molar-refractivity contribution in [2.75, 3.05) is 13.3 Å². The van der Waals surface area contributed by atoms with Crippen molar-refractivity contribution in [3.8, 4) is 0 Å². The van der Waals surface area contributed by atoms with Gasteiger partial charge >= 0.3 is 6.09 Å². The molecule has 0 spiro atoms. The number of hydrogen-bond acceptors (Lipinski definition) is 6. The van der Waals surface area contributed by atoms with E-state index in [1.54, 1.807) is 16.8 Å². The van der Waals surface area contributed by atoms with Crippen LogP contribution in [0, 0.1) is 17.2 Å². The Hall–Kier alpha value is -1.62. The number of aliphatic imine (C=N–C) groups is 1. The van der Waals surface area contributed by atoms with Crippen LogP contribution in [0.15, 0.2) is 33.9 Å². The van der Waals surface area contributed by atoms with Gasteiger partial charge in [-0.3, -0.25) is 4.68 Å². The molecule has 1 unspecified atom stereocenters. The first-order valence-corrected chi connectivity index (χ1v) is 23.4. The Morgan fingerprint density at radius 2 is 1.95 bits per heavy atom. The summed E-state index contributed by atoms with van der Waals surface area (Å²) >= 11 is 4.72. The molecule has 14 heteroatoms. The lowest BCUT2D eigenvalue weighted by Crippen LogP contribution is -2.54. The Morgan fingerprint density at radius 3 is 2.49 bits per heavy atom. The molecule has 1 amide bonds. The van der Waals surface area contributed by atoms with Crippen LogP contribution in [0.25, 0.3) is 0 Å². The van der Waals surface area contributed by atoms with Crippen LogP contribution in [0.4, 0.5) is 13.6 Å². The average Bonchev–Trinajstić information content (AvgIpc) is 3.38. The Bertz CT molecular complexity index is 1390. The van der Waals surface area contributed by atoms with Gasteiger partial charge in [0.05, 0.1) is 11.9 Å². The molecule has 0 bridgehead atoms.